The highest BCUT2D eigenvalue weighted by molar-refractivity contribution is 6.02. The first-order valence-electron chi connectivity index (χ1n) is 8.18. The summed E-state index contributed by atoms with van der Waals surface area (Å²) < 4.78 is 5.85. The van der Waals surface area contributed by atoms with Crippen molar-refractivity contribution in [1.82, 2.24) is 9.97 Å². The van der Waals surface area contributed by atoms with Crippen LogP contribution in [-0.2, 0) is 4.79 Å². The number of carbonyl (C=O) groups excluding carboxylic acids is 1. The Bertz CT molecular complexity index is 922. The molecule has 2 aromatic carbocycles. The minimum Gasteiger partial charge on any atom is -0.457 e. The summed E-state index contributed by atoms with van der Waals surface area (Å²) in [5, 5.41) is 0. The summed E-state index contributed by atoms with van der Waals surface area (Å²) in [6, 6.07) is 15.1. The van der Waals surface area contributed by atoms with E-state index in [0.29, 0.717) is 22.8 Å². The van der Waals surface area contributed by atoms with Gasteiger partial charge in [0.05, 0.1) is 11.4 Å². The number of ether oxygens (including phenoxy) is 1. The Labute approximate surface area is 152 Å². The van der Waals surface area contributed by atoms with Crippen molar-refractivity contribution in [2.24, 2.45) is 0 Å². The summed E-state index contributed by atoms with van der Waals surface area (Å²) in [6.45, 7) is 5.20. The van der Waals surface area contributed by atoms with E-state index in [4.69, 9.17) is 10.5 Å². The van der Waals surface area contributed by atoms with Crippen molar-refractivity contribution in [2.45, 2.75) is 20.8 Å². The van der Waals surface area contributed by atoms with Gasteiger partial charge in [-0.2, -0.15) is 0 Å². The topological polar surface area (TPSA) is 81.3 Å². The standard InChI is InChI=1S/C20H20N4O2/c1-13-11-17(26-16-7-5-4-6-8-16)9-10-18(13)24(15(3)25)19-14(2)22-12-23-20(19)21/h4-12H,1-3H3,(H2,21,22,23). The Balaban J connectivity index is 2.00. The lowest BCUT2D eigenvalue weighted by Gasteiger charge is -2.25. The van der Waals surface area contributed by atoms with Gasteiger partial charge in [-0.05, 0) is 49.7 Å². The molecule has 0 bridgehead atoms. The number of aryl methyl sites for hydroxylation is 2. The number of hydrogen-bond acceptors (Lipinski definition) is 5. The highest BCUT2D eigenvalue weighted by Gasteiger charge is 2.22. The average Bonchev–Trinajstić information content (AvgIpc) is 2.60. The predicted molar refractivity (Wildman–Crippen MR) is 102 cm³/mol. The molecule has 0 saturated carbocycles. The molecule has 1 heterocycles. The molecular weight excluding hydrogens is 328 g/mol. The summed E-state index contributed by atoms with van der Waals surface area (Å²) in [6.07, 6.45) is 1.39. The first-order chi connectivity index (χ1) is 12.5. The molecule has 26 heavy (non-hydrogen) atoms. The van der Waals surface area contributed by atoms with Crippen molar-refractivity contribution in [3.63, 3.8) is 0 Å². The van der Waals surface area contributed by atoms with Crippen molar-refractivity contribution in [2.75, 3.05) is 10.6 Å². The van der Waals surface area contributed by atoms with Gasteiger partial charge >= 0.3 is 0 Å². The highest BCUT2D eigenvalue weighted by Crippen LogP contribution is 2.35. The van der Waals surface area contributed by atoms with Crippen LogP contribution in [0, 0.1) is 13.8 Å². The van der Waals surface area contributed by atoms with Crippen molar-refractivity contribution >= 4 is 23.1 Å². The number of nitrogen functional groups attached to an aromatic ring is 1. The normalized spacial score (nSPS) is 10.4. The molecule has 0 saturated heterocycles. The predicted octanol–water partition coefficient (Wildman–Crippen LogP) is 4.15. The maximum atomic E-state index is 12.4. The molecular formula is C20H20N4O2. The van der Waals surface area contributed by atoms with E-state index in [1.165, 1.54) is 18.2 Å². The number of nitrogens with two attached hydrogens (primary N) is 1. The summed E-state index contributed by atoms with van der Waals surface area (Å²) in [4.78, 5) is 22.1. The van der Waals surface area contributed by atoms with Gasteiger partial charge in [0.25, 0.3) is 0 Å². The van der Waals surface area contributed by atoms with Gasteiger partial charge in [-0.15, -0.1) is 0 Å². The SMILES string of the molecule is CC(=O)N(c1ccc(Oc2ccccc2)cc1C)c1c(C)ncnc1N. The van der Waals surface area contributed by atoms with E-state index >= 15 is 0 Å². The molecule has 1 amide bonds. The van der Waals surface area contributed by atoms with Crippen LogP contribution in [0.4, 0.5) is 17.2 Å². The Morgan fingerprint density at radius 3 is 2.38 bits per heavy atom. The number of hydrogen-bond donors (Lipinski definition) is 1. The molecule has 0 aliphatic heterocycles. The second-order valence-electron chi connectivity index (χ2n) is 5.91. The first-order valence-corrected chi connectivity index (χ1v) is 8.18. The smallest absolute Gasteiger partial charge is 0.228 e. The zero-order valence-electron chi connectivity index (χ0n) is 14.9. The number of anilines is 3. The number of nitrogens with zero attached hydrogens (tertiary/aromatic N) is 3. The zero-order chi connectivity index (χ0) is 18.7. The van der Waals surface area contributed by atoms with Crippen LogP contribution in [0.25, 0.3) is 0 Å². The molecule has 0 radical (unpaired) electrons. The Morgan fingerprint density at radius 2 is 1.77 bits per heavy atom. The minimum atomic E-state index is -0.172. The average molecular weight is 348 g/mol. The van der Waals surface area contributed by atoms with Gasteiger partial charge in [0.15, 0.2) is 5.82 Å². The van der Waals surface area contributed by atoms with Gasteiger partial charge in [-0.1, -0.05) is 18.2 Å². The lowest BCUT2D eigenvalue weighted by molar-refractivity contribution is -0.115. The van der Waals surface area contributed by atoms with Crippen molar-refractivity contribution in [1.29, 1.82) is 0 Å². The van der Waals surface area contributed by atoms with E-state index < -0.39 is 0 Å². The van der Waals surface area contributed by atoms with Gasteiger partial charge in [-0.3, -0.25) is 9.69 Å². The molecule has 6 heteroatoms. The molecule has 6 nitrogen and oxygen atoms in total. The van der Waals surface area contributed by atoms with E-state index in [2.05, 4.69) is 9.97 Å². The fourth-order valence-electron chi connectivity index (χ4n) is 2.78. The molecule has 132 valence electrons. The molecule has 0 fully saturated rings. The van der Waals surface area contributed by atoms with Crippen molar-refractivity contribution in [3.05, 3.63) is 66.1 Å². The number of para-hydroxylation sites is 1. The molecule has 1 aromatic heterocycles. The molecule has 3 aromatic rings. The zero-order valence-corrected chi connectivity index (χ0v) is 14.9. The van der Waals surface area contributed by atoms with Crippen LogP contribution in [-0.4, -0.2) is 15.9 Å². The van der Waals surface area contributed by atoms with Gasteiger partial charge in [0, 0.05) is 6.92 Å². The maximum Gasteiger partial charge on any atom is 0.228 e. The van der Waals surface area contributed by atoms with E-state index in [0.717, 1.165) is 11.3 Å². The van der Waals surface area contributed by atoms with Crippen LogP contribution >= 0.6 is 0 Å². The number of rotatable bonds is 4. The molecule has 0 aliphatic carbocycles. The number of amides is 1. The third-order valence-electron chi connectivity index (χ3n) is 3.96. The van der Waals surface area contributed by atoms with Gasteiger partial charge in [0.1, 0.15) is 23.5 Å². The van der Waals surface area contributed by atoms with Gasteiger partial charge in [0.2, 0.25) is 5.91 Å². The largest absolute Gasteiger partial charge is 0.457 e. The lowest BCUT2D eigenvalue weighted by Crippen LogP contribution is -2.26. The fourth-order valence-corrected chi connectivity index (χ4v) is 2.78. The third kappa shape index (κ3) is 3.49. The van der Waals surface area contributed by atoms with Crippen LogP contribution in [0.5, 0.6) is 11.5 Å². The maximum absolute atomic E-state index is 12.4. The number of aromatic nitrogens is 2. The monoisotopic (exact) mass is 348 g/mol. The summed E-state index contributed by atoms with van der Waals surface area (Å²) in [5.74, 6) is 1.53. The quantitative estimate of drug-likeness (QED) is 0.766. The van der Waals surface area contributed by atoms with Crippen LogP contribution in [0.2, 0.25) is 0 Å². The van der Waals surface area contributed by atoms with Crippen molar-refractivity contribution < 1.29 is 9.53 Å². The first kappa shape index (κ1) is 17.4. The van der Waals surface area contributed by atoms with E-state index in [9.17, 15) is 4.79 Å². The summed E-state index contributed by atoms with van der Waals surface area (Å²) in [7, 11) is 0. The van der Waals surface area contributed by atoms with E-state index in [1.807, 2.05) is 55.5 Å². The van der Waals surface area contributed by atoms with Crippen LogP contribution in [0.1, 0.15) is 18.2 Å². The molecule has 0 aliphatic rings. The number of carbonyl (C=O) groups is 1. The van der Waals surface area contributed by atoms with Crippen LogP contribution in [0.15, 0.2) is 54.9 Å². The minimum absolute atomic E-state index is 0.172. The molecule has 3 rings (SSSR count). The number of benzene rings is 2. The lowest BCUT2D eigenvalue weighted by atomic mass is 10.1. The third-order valence-corrected chi connectivity index (χ3v) is 3.96. The Hall–Kier alpha value is -3.41. The van der Waals surface area contributed by atoms with Crippen LogP contribution < -0.4 is 15.4 Å². The second-order valence-corrected chi connectivity index (χ2v) is 5.91. The van der Waals surface area contributed by atoms with Gasteiger partial charge in [-0.25, -0.2) is 9.97 Å². The summed E-state index contributed by atoms with van der Waals surface area (Å²) >= 11 is 0. The van der Waals surface area contributed by atoms with Gasteiger partial charge < -0.3 is 10.5 Å². The Morgan fingerprint density at radius 1 is 1.04 bits per heavy atom. The fraction of sp³-hybridized carbons (Fsp3) is 0.150. The molecule has 0 unspecified atom stereocenters. The highest BCUT2D eigenvalue weighted by atomic mass is 16.5. The molecule has 2 N–H and O–H groups in total. The van der Waals surface area contributed by atoms with E-state index in [-0.39, 0.29) is 11.7 Å². The molecule has 0 spiro atoms. The van der Waals surface area contributed by atoms with Crippen LogP contribution in [0.3, 0.4) is 0 Å². The van der Waals surface area contributed by atoms with Crippen molar-refractivity contribution in [3.8, 4) is 11.5 Å². The Kier molecular flexibility index (Phi) is 4.84. The van der Waals surface area contributed by atoms with E-state index in [1.54, 1.807) is 6.92 Å². The second kappa shape index (κ2) is 7.23. The summed E-state index contributed by atoms with van der Waals surface area (Å²) in [5.41, 5.74) is 8.73. The molecule has 0 atom stereocenters.